The van der Waals surface area contributed by atoms with E-state index < -0.39 is 8.56 Å². The summed E-state index contributed by atoms with van der Waals surface area (Å²) in [6, 6.07) is 0. The SMILES string of the molecule is CCCCC(CCN)(CCCC)[Si](C)(OC)OC. The fraction of sp³-hybridized carbons (Fsp3) is 1.00. The Morgan fingerprint density at radius 1 is 0.944 bits per heavy atom. The van der Waals surface area contributed by atoms with Gasteiger partial charge in [0.2, 0.25) is 0 Å². The number of nitrogens with two attached hydrogens (primary N) is 1. The molecule has 0 aliphatic heterocycles. The summed E-state index contributed by atoms with van der Waals surface area (Å²) in [5, 5.41) is 0.178. The van der Waals surface area contributed by atoms with Crippen LogP contribution in [0, 0.1) is 0 Å². The van der Waals surface area contributed by atoms with Crippen molar-refractivity contribution in [2.45, 2.75) is 70.4 Å². The molecule has 0 aliphatic rings. The third kappa shape index (κ3) is 4.33. The molecule has 0 spiro atoms. The van der Waals surface area contributed by atoms with Gasteiger partial charge in [0.05, 0.1) is 0 Å². The molecule has 0 unspecified atom stereocenters. The van der Waals surface area contributed by atoms with Crippen LogP contribution in [0.15, 0.2) is 0 Å². The van der Waals surface area contributed by atoms with Crippen LogP contribution < -0.4 is 5.73 Å². The predicted octanol–water partition coefficient (Wildman–Crippen LogP) is 3.82. The highest BCUT2D eigenvalue weighted by molar-refractivity contribution is 6.69. The van der Waals surface area contributed by atoms with Gasteiger partial charge in [0.25, 0.3) is 0 Å². The molecule has 0 saturated carbocycles. The topological polar surface area (TPSA) is 44.5 Å². The summed E-state index contributed by atoms with van der Waals surface area (Å²) in [7, 11) is 1.46. The highest BCUT2D eigenvalue weighted by Crippen LogP contribution is 2.50. The Morgan fingerprint density at radius 3 is 1.67 bits per heavy atom. The van der Waals surface area contributed by atoms with Crippen LogP contribution in [0.5, 0.6) is 0 Å². The summed E-state index contributed by atoms with van der Waals surface area (Å²) in [5.74, 6) is 0. The van der Waals surface area contributed by atoms with Gasteiger partial charge in [0.1, 0.15) is 0 Å². The summed E-state index contributed by atoms with van der Waals surface area (Å²) >= 11 is 0. The molecular formula is C14H33NO2Si. The van der Waals surface area contributed by atoms with Crippen LogP contribution in [0.25, 0.3) is 0 Å². The Balaban J connectivity index is 5.13. The van der Waals surface area contributed by atoms with Gasteiger partial charge >= 0.3 is 8.56 Å². The maximum absolute atomic E-state index is 5.88. The molecule has 110 valence electrons. The van der Waals surface area contributed by atoms with Crippen LogP contribution in [0.2, 0.25) is 11.6 Å². The molecule has 3 nitrogen and oxygen atoms in total. The van der Waals surface area contributed by atoms with Gasteiger partial charge in [-0.1, -0.05) is 39.5 Å². The number of hydrogen-bond acceptors (Lipinski definition) is 3. The first-order valence-corrected chi connectivity index (χ1v) is 9.67. The summed E-state index contributed by atoms with van der Waals surface area (Å²) in [6.45, 7) is 7.41. The lowest BCUT2D eigenvalue weighted by Gasteiger charge is -2.44. The molecule has 0 atom stereocenters. The van der Waals surface area contributed by atoms with Crippen molar-refractivity contribution in [1.29, 1.82) is 0 Å². The monoisotopic (exact) mass is 275 g/mol. The van der Waals surface area contributed by atoms with E-state index in [4.69, 9.17) is 14.6 Å². The van der Waals surface area contributed by atoms with Gasteiger partial charge in [-0.2, -0.15) is 0 Å². The van der Waals surface area contributed by atoms with Gasteiger partial charge in [-0.05, 0) is 32.4 Å². The third-order valence-electron chi connectivity index (χ3n) is 4.38. The van der Waals surface area contributed by atoms with Crippen molar-refractivity contribution in [2.24, 2.45) is 5.73 Å². The molecule has 0 amide bonds. The van der Waals surface area contributed by atoms with E-state index in [1.807, 2.05) is 0 Å². The van der Waals surface area contributed by atoms with E-state index in [0.717, 1.165) is 13.0 Å². The van der Waals surface area contributed by atoms with E-state index in [1.165, 1.54) is 38.5 Å². The van der Waals surface area contributed by atoms with Crippen molar-refractivity contribution in [3.63, 3.8) is 0 Å². The largest absolute Gasteiger partial charge is 0.397 e. The molecule has 0 aromatic carbocycles. The molecule has 0 heterocycles. The third-order valence-corrected chi connectivity index (χ3v) is 8.62. The lowest BCUT2D eigenvalue weighted by atomic mass is 9.91. The van der Waals surface area contributed by atoms with E-state index in [2.05, 4.69) is 20.4 Å². The van der Waals surface area contributed by atoms with Crippen molar-refractivity contribution >= 4 is 8.56 Å². The molecule has 0 aromatic rings. The van der Waals surface area contributed by atoms with Gasteiger partial charge in [0.15, 0.2) is 0 Å². The Labute approximate surface area is 115 Å². The van der Waals surface area contributed by atoms with Crippen LogP contribution in [0.1, 0.15) is 58.8 Å². The Bertz CT molecular complexity index is 200. The zero-order valence-corrected chi connectivity index (χ0v) is 14.1. The molecule has 0 rings (SSSR count). The first kappa shape index (κ1) is 18.1. The van der Waals surface area contributed by atoms with Crippen LogP contribution in [-0.4, -0.2) is 29.3 Å². The molecule has 0 aromatic heterocycles. The van der Waals surface area contributed by atoms with E-state index in [-0.39, 0.29) is 5.04 Å². The summed E-state index contributed by atoms with van der Waals surface area (Å²) in [6.07, 6.45) is 8.30. The second-order valence-electron chi connectivity index (χ2n) is 5.38. The van der Waals surface area contributed by atoms with E-state index >= 15 is 0 Å². The average molecular weight is 276 g/mol. The van der Waals surface area contributed by atoms with Gasteiger partial charge in [-0.15, -0.1) is 0 Å². The highest BCUT2D eigenvalue weighted by atomic mass is 28.4. The second kappa shape index (κ2) is 9.07. The quantitative estimate of drug-likeness (QED) is 0.583. The first-order chi connectivity index (χ1) is 8.55. The molecule has 2 N–H and O–H groups in total. The maximum Gasteiger partial charge on any atom is 0.340 e. The van der Waals surface area contributed by atoms with Crippen LogP contribution in [-0.2, 0) is 8.85 Å². The van der Waals surface area contributed by atoms with Crippen molar-refractivity contribution in [1.82, 2.24) is 0 Å². The van der Waals surface area contributed by atoms with Crippen LogP contribution >= 0.6 is 0 Å². The molecule has 0 bridgehead atoms. The molecule has 0 fully saturated rings. The average Bonchev–Trinajstić information content (AvgIpc) is 2.41. The summed E-state index contributed by atoms with van der Waals surface area (Å²) in [4.78, 5) is 0. The highest BCUT2D eigenvalue weighted by Gasteiger charge is 2.51. The lowest BCUT2D eigenvalue weighted by molar-refractivity contribution is 0.189. The van der Waals surface area contributed by atoms with Gasteiger partial charge in [-0.3, -0.25) is 0 Å². The Hall–Kier alpha value is 0.0969. The number of rotatable bonds is 11. The van der Waals surface area contributed by atoms with E-state index in [1.54, 1.807) is 14.2 Å². The molecule has 0 aliphatic carbocycles. The molecule has 4 heteroatoms. The molecule has 0 saturated heterocycles. The standard InChI is InChI=1S/C14H33NO2Si/c1-6-8-10-14(12-13-15,11-9-7-2)18(5,16-3)17-4/h6-13,15H2,1-5H3. The van der Waals surface area contributed by atoms with E-state index in [0.29, 0.717) is 0 Å². The minimum atomic E-state index is -2.15. The van der Waals surface area contributed by atoms with Crippen molar-refractivity contribution < 1.29 is 8.85 Å². The minimum Gasteiger partial charge on any atom is -0.397 e. The van der Waals surface area contributed by atoms with Crippen molar-refractivity contribution in [3.8, 4) is 0 Å². The smallest absolute Gasteiger partial charge is 0.340 e. The molecule has 0 radical (unpaired) electrons. The van der Waals surface area contributed by atoms with Gasteiger partial charge in [0, 0.05) is 19.3 Å². The zero-order chi connectivity index (χ0) is 14.1. The fourth-order valence-electron chi connectivity index (χ4n) is 2.88. The van der Waals surface area contributed by atoms with Crippen molar-refractivity contribution in [3.05, 3.63) is 0 Å². The summed E-state index contributed by atoms with van der Waals surface area (Å²) in [5.41, 5.74) is 5.88. The Morgan fingerprint density at radius 2 is 1.39 bits per heavy atom. The van der Waals surface area contributed by atoms with Crippen LogP contribution in [0.3, 0.4) is 0 Å². The Kier molecular flexibility index (Phi) is 9.12. The van der Waals surface area contributed by atoms with Gasteiger partial charge in [-0.25, -0.2) is 0 Å². The normalized spacial score (nSPS) is 13.0. The maximum atomic E-state index is 5.88. The predicted molar refractivity (Wildman–Crippen MR) is 81.1 cm³/mol. The summed E-state index contributed by atoms with van der Waals surface area (Å²) < 4.78 is 11.7. The first-order valence-electron chi connectivity index (χ1n) is 7.36. The number of unbranched alkanes of at least 4 members (excludes halogenated alkanes) is 2. The molecular weight excluding hydrogens is 242 g/mol. The van der Waals surface area contributed by atoms with Crippen molar-refractivity contribution in [2.75, 3.05) is 20.8 Å². The minimum absolute atomic E-state index is 0.178. The van der Waals surface area contributed by atoms with Crippen LogP contribution in [0.4, 0.5) is 0 Å². The number of hydrogen-bond donors (Lipinski definition) is 1. The van der Waals surface area contributed by atoms with Gasteiger partial charge < -0.3 is 14.6 Å². The zero-order valence-electron chi connectivity index (χ0n) is 13.1. The van der Waals surface area contributed by atoms with E-state index in [9.17, 15) is 0 Å². The molecule has 18 heavy (non-hydrogen) atoms. The second-order valence-corrected chi connectivity index (χ2v) is 9.15. The fourth-order valence-corrected chi connectivity index (χ4v) is 5.77. The lowest BCUT2D eigenvalue weighted by Crippen LogP contribution is -2.50.